The quantitative estimate of drug-likeness (QED) is 0.674. The molecule has 3 aromatic rings. The zero-order valence-corrected chi connectivity index (χ0v) is 12.2. The molecule has 0 aliphatic carbocycles. The van der Waals surface area contributed by atoms with Crippen LogP contribution in [0.25, 0.3) is 11.0 Å². The topological polar surface area (TPSA) is 20.7 Å². The molecule has 1 heterocycles. The van der Waals surface area contributed by atoms with Gasteiger partial charge < -0.3 is 9.55 Å². The van der Waals surface area contributed by atoms with E-state index >= 15 is 0 Å². The Morgan fingerprint density at radius 1 is 1.20 bits per heavy atom. The second-order valence-electron chi connectivity index (χ2n) is 4.99. The fourth-order valence-corrected chi connectivity index (χ4v) is 3.04. The third-order valence-electron chi connectivity index (χ3n) is 3.71. The summed E-state index contributed by atoms with van der Waals surface area (Å²) < 4.78 is 16.1. The van der Waals surface area contributed by atoms with Crippen LogP contribution in [-0.2, 0) is 0 Å². The van der Waals surface area contributed by atoms with E-state index in [0.29, 0.717) is 4.77 Å². The van der Waals surface area contributed by atoms with E-state index < -0.39 is 0 Å². The lowest BCUT2D eigenvalue weighted by Crippen LogP contribution is -2.08. The minimum atomic E-state index is -0.253. The van der Waals surface area contributed by atoms with E-state index in [0.717, 1.165) is 11.0 Å². The van der Waals surface area contributed by atoms with Crippen LogP contribution in [0.2, 0.25) is 0 Å². The lowest BCUT2D eigenvalue weighted by atomic mass is 10.0. The van der Waals surface area contributed by atoms with E-state index in [9.17, 15) is 4.39 Å². The van der Waals surface area contributed by atoms with Crippen molar-refractivity contribution in [2.24, 2.45) is 0 Å². The lowest BCUT2D eigenvalue weighted by molar-refractivity contribution is 0.621. The van der Waals surface area contributed by atoms with Crippen molar-refractivity contribution in [3.8, 4) is 0 Å². The molecule has 102 valence electrons. The normalized spacial score (nSPS) is 12.8. The first-order valence-electron chi connectivity index (χ1n) is 6.53. The van der Waals surface area contributed by atoms with E-state index in [2.05, 4.69) is 31.0 Å². The number of aromatic nitrogens is 2. The molecule has 0 radical (unpaired) electrons. The number of aromatic amines is 1. The summed E-state index contributed by atoms with van der Waals surface area (Å²) in [6, 6.07) is 12.9. The van der Waals surface area contributed by atoms with Crippen LogP contribution in [0.4, 0.5) is 4.39 Å². The fraction of sp³-hybridized carbons (Fsp3) is 0.188. The Kier molecular flexibility index (Phi) is 3.18. The van der Waals surface area contributed by atoms with Gasteiger partial charge in [-0.05, 0) is 55.4 Å². The third-order valence-corrected chi connectivity index (χ3v) is 4.00. The summed E-state index contributed by atoms with van der Waals surface area (Å²) in [6.07, 6.45) is 0. The number of rotatable bonds is 2. The molecule has 0 fully saturated rings. The number of fused-ring (bicyclic) bond motifs is 1. The maximum Gasteiger partial charge on any atom is 0.178 e. The summed E-state index contributed by atoms with van der Waals surface area (Å²) in [5, 5.41) is 0. The average molecular weight is 286 g/mol. The van der Waals surface area contributed by atoms with Crippen LogP contribution < -0.4 is 0 Å². The maximum absolute atomic E-state index is 13.5. The van der Waals surface area contributed by atoms with Crippen molar-refractivity contribution in [2.75, 3.05) is 0 Å². The zero-order chi connectivity index (χ0) is 14.3. The van der Waals surface area contributed by atoms with Gasteiger partial charge in [0.2, 0.25) is 0 Å². The first kappa shape index (κ1) is 13.1. The molecule has 0 amide bonds. The Morgan fingerprint density at radius 2 is 1.95 bits per heavy atom. The molecule has 4 heteroatoms. The van der Waals surface area contributed by atoms with Crippen molar-refractivity contribution in [2.45, 2.75) is 19.9 Å². The summed E-state index contributed by atoms with van der Waals surface area (Å²) in [5.41, 5.74) is 4.05. The summed E-state index contributed by atoms with van der Waals surface area (Å²) in [5.74, 6) is -0.253. The zero-order valence-electron chi connectivity index (χ0n) is 11.4. The Balaban J connectivity index is 2.24. The number of nitrogens with zero attached hydrogens (tertiary/aromatic N) is 1. The van der Waals surface area contributed by atoms with E-state index in [1.54, 1.807) is 6.07 Å². The summed E-state index contributed by atoms with van der Waals surface area (Å²) in [7, 11) is 0. The second-order valence-corrected chi connectivity index (χ2v) is 5.38. The van der Waals surface area contributed by atoms with E-state index in [1.165, 1.54) is 23.3 Å². The molecule has 0 spiro atoms. The molecule has 0 saturated carbocycles. The Labute approximate surface area is 121 Å². The summed E-state index contributed by atoms with van der Waals surface area (Å²) in [4.78, 5) is 3.14. The highest BCUT2D eigenvalue weighted by Gasteiger charge is 2.15. The van der Waals surface area contributed by atoms with Crippen molar-refractivity contribution in [1.29, 1.82) is 0 Å². The Bertz CT molecular complexity index is 832. The Morgan fingerprint density at radius 3 is 2.70 bits per heavy atom. The van der Waals surface area contributed by atoms with Gasteiger partial charge in [-0.3, -0.25) is 0 Å². The molecule has 1 unspecified atom stereocenters. The smallest absolute Gasteiger partial charge is 0.178 e. The van der Waals surface area contributed by atoms with Crippen LogP contribution in [0, 0.1) is 17.5 Å². The van der Waals surface area contributed by atoms with Crippen LogP contribution in [0.15, 0.2) is 42.5 Å². The predicted molar refractivity (Wildman–Crippen MR) is 82.1 cm³/mol. The van der Waals surface area contributed by atoms with Gasteiger partial charge in [0.1, 0.15) is 5.82 Å². The van der Waals surface area contributed by atoms with Crippen molar-refractivity contribution in [3.63, 3.8) is 0 Å². The molecule has 0 saturated heterocycles. The highest BCUT2D eigenvalue weighted by molar-refractivity contribution is 7.71. The fourth-order valence-electron chi connectivity index (χ4n) is 2.67. The summed E-state index contributed by atoms with van der Waals surface area (Å²) in [6.45, 7) is 4.15. The Hall–Kier alpha value is -1.94. The van der Waals surface area contributed by atoms with Gasteiger partial charge >= 0.3 is 0 Å². The monoisotopic (exact) mass is 286 g/mol. The second kappa shape index (κ2) is 4.87. The highest BCUT2D eigenvalue weighted by atomic mass is 32.1. The van der Waals surface area contributed by atoms with E-state index in [4.69, 9.17) is 12.2 Å². The van der Waals surface area contributed by atoms with Gasteiger partial charge in [0.15, 0.2) is 4.77 Å². The van der Waals surface area contributed by atoms with Gasteiger partial charge in [-0.25, -0.2) is 4.39 Å². The minimum Gasteiger partial charge on any atom is -0.331 e. The SMILES string of the molecule is Cc1ccccc1C(C)n1c(=S)[nH]c2ccc(F)cc21. The largest absolute Gasteiger partial charge is 0.331 e. The number of hydrogen-bond donors (Lipinski definition) is 1. The average Bonchev–Trinajstić information content (AvgIpc) is 2.74. The van der Waals surface area contributed by atoms with Gasteiger partial charge in [-0.2, -0.15) is 0 Å². The van der Waals surface area contributed by atoms with Crippen LogP contribution >= 0.6 is 12.2 Å². The number of imidazole rings is 1. The molecule has 20 heavy (non-hydrogen) atoms. The summed E-state index contributed by atoms with van der Waals surface area (Å²) >= 11 is 5.40. The van der Waals surface area contributed by atoms with Crippen molar-refractivity contribution in [1.82, 2.24) is 9.55 Å². The third kappa shape index (κ3) is 2.06. The first-order valence-corrected chi connectivity index (χ1v) is 6.94. The molecular weight excluding hydrogens is 271 g/mol. The molecular formula is C16H15FN2S. The standard InChI is InChI=1S/C16H15FN2S/c1-10-5-3-4-6-13(10)11(2)19-15-9-12(17)7-8-14(15)18-16(19)20/h3-9,11H,1-2H3,(H,18,20). The number of benzene rings is 2. The maximum atomic E-state index is 13.5. The minimum absolute atomic E-state index is 0.0549. The molecule has 1 atom stereocenters. The predicted octanol–water partition coefficient (Wildman–Crippen LogP) is 4.76. The van der Waals surface area contributed by atoms with Gasteiger partial charge in [0.05, 0.1) is 17.1 Å². The van der Waals surface area contributed by atoms with Crippen LogP contribution in [0.1, 0.15) is 24.1 Å². The molecule has 2 aromatic carbocycles. The van der Waals surface area contributed by atoms with Crippen LogP contribution in [0.3, 0.4) is 0 Å². The molecule has 2 nitrogen and oxygen atoms in total. The van der Waals surface area contributed by atoms with Gasteiger partial charge in [-0.15, -0.1) is 0 Å². The van der Waals surface area contributed by atoms with Crippen LogP contribution in [0.5, 0.6) is 0 Å². The number of H-pyrrole nitrogens is 1. The first-order chi connectivity index (χ1) is 9.58. The van der Waals surface area contributed by atoms with Crippen LogP contribution in [-0.4, -0.2) is 9.55 Å². The molecule has 0 aliphatic heterocycles. The number of aryl methyl sites for hydroxylation is 1. The van der Waals surface area contributed by atoms with Crippen molar-refractivity contribution < 1.29 is 4.39 Å². The number of hydrogen-bond acceptors (Lipinski definition) is 1. The molecule has 1 N–H and O–H groups in total. The van der Waals surface area contributed by atoms with E-state index in [1.807, 2.05) is 16.7 Å². The highest BCUT2D eigenvalue weighted by Crippen LogP contribution is 2.26. The van der Waals surface area contributed by atoms with E-state index in [-0.39, 0.29) is 11.9 Å². The van der Waals surface area contributed by atoms with Gasteiger partial charge in [-0.1, -0.05) is 24.3 Å². The molecule has 1 aromatic heterocycles. The van der Waals surface area contributed by atoms with Gasteiger partial charge in [0.25, 0.3) is 0 Å². The number of halogens is 1. The number of nitrogens with one attached hydrogen (secondary N) is 1. The van der Waals surface area contributed by atoms with Gasteiger partial charge in [0, 0.05) is 0 Å². The van der Waals surface area contributed by atoms with Crippen molar-refractivity contribution >= 4 is 23.3 Å². The molecule has 0 bridgehead atoms. The molecule has 3 rings (SSSR count). The van der Waals surface area contributed by atoms with Crippen molar-refractivity contribution in [3.05, 3.63) is 64.2 Å². The molecule has 0 aliphatic rings. The lowest BCUT2D eigenvalue weighted by Gasteiger charge is -2.17.